The molecule has 0 rings (SSSR count). The monoisotopic (exact) mass is 756 g/mol. The number of esters is 1. The van der Waals surface area contributed by atoms with Gasteiger partial charge in [-0.2, -0.15) is 0 Å². The molecular formula is C48H85NO5. The molecule has 0 aromatic carbocycles. The van der Waals surface area contributed by atoms with Crippen LogP contribution in [0.3, 0.4) is 0 Å². The fourth-order valence-electron chi connectivity index (χ4n) is 6.58. The maximum absolute atomic E-state index is 13.1. The number of carbonyl (C=O) groups excluding carboxylic acids is 2. The number of hydrogen-bond donors (Lipinski definition) is 3. The van der Waals surface area contributed by atoms with Crippen LogP contribution in [0.5, 0.6) is 0 Å². The van der Waals surface area contributed by atoms with Crippen LogP contribution in [0.1, 0.15) is 207 Å². The van der Waals surface area contributed by atoms with Crippen LogP contribution < -0.4 is 5.32 Å². The highest BCUT2D eigenvalue weighted by Crippen LogP contribution is 2.17. The van der Waals surface area contributed by atoms with E-state index in [-0.39, 0.29) is 24.9 Å². The molecule has 0 saturated heterocycles. The van der Waals surface area contributed by atoms with Gasteiger partial charge in [0.25, 0.3) is 0 Å². The third-order valence-electron chi connectivity index (χ3n) is 9.99. The van der Waals surface area contributed by atoms with Gasteiger partial charge in [-0.05, 0) is 38.5 Å². The molecule has 312 valence electrons. The van der Waals surface area contributed by atoms with Crippen LogP contribution in [0, 0.1) is 0 Å². The van der Waals surface area contributed by atoms with E-state index < -0.39 is 18.2 Å². The fraction of sp³-hybridized carbons (Fsp3) is 0.750. The highest BCUT2D eigenvalue weighted by Gasteiger charge is 2.24. The highest BCUT2D eigenvalue weighted by molar-refractivity contribution is 5.77. The molecule has 0 fully saturated rings. The van der Waals surface area contributed by atoms with E-state index >= 15 is 0 Å². The first-order valence-electron chi connectivity index (χ1n) is 22.6. The van der Waals surface area contributed by atoms with Crippen LogP contribution in [0.25, 0.3) is 0 Å². The molecule has 0 spiro atoms. The zero-order chi connectivity index (χ0) is 39.6. The molecule has 0 aromatic rings. The number of aliphatic hydroxyl groups excluding tert-OH is 2. The molecule has 6 nitrogen and oxygen atoms in total. The Morgan fingerprint density at radius 3 is 1.44 bits per heavy atom. The van der Waals surface area contributed by atoms with Gasteiger partial charge >= 0.3 is 5.97 Å². The van der Waals surface area contributed by atoms with E-state index in [0.717, 1.165) is 51.4 Å². The number of aliphatic hydroxyl groups is 2. The Labute approximate surface area is 333 Å². The molecule has 6 heteroatoms. The Kier molecular flexibility index (Phi) is 39.8. The van der Waals surface area contributed by atoms with Crippen molar-refractivity contribution in [2.45, 2.75) is 225 Å². The molecule has 0 aliphatic heterocycles. The van der Waals surface area contributed by atoms with Crippen molar-refractivity contribution in [3.63, 3.8) is 0 Å². The molecule has 54 heavy (non-hydrogen) atoms. The average molecular weight is 756 g/mol. The lowest BCUT2D eigenvalue weighted by Crippen LogP contribution is -2.46. The van der Waals surface area contributed by atoms with Crippen molar-refractivity contribution in [2.75, 3.05) is 6.61 Å². The van der Waals surface area contributed by atoms with Crippen molar-refractivity contribution >= 4 is 11.9 Å². The second kappa shape index (κ2) is 41.7. The molecule has 0 bridgehead atoms. The zero-order valence-electron chi connectivity index (χ0n) is 35.3. The van der Waals surface area contributed by atoms with E-state index in [1.807, 2.05) is 54.7 Å². The van der Waals surface area contributed by atoms with Gasteiger partial charge in [-0.15, -0.1) is 0 Å². The second-order valence-electron chi connectivity index (χ2n) is 15.2. The van der Waals surface area contributed by atoms with Crippen molar-refractivity contribution in [1.29, 1.82) is 0 Å². The van der Waals surface area contributed by atoms with Gasteiger partial charge in [-0.25, -0.2) is 0 Å². The van der Waals surface area contributed by atoms with E-state index in [1.54, 1.807) is 0 Å². The molecule has 0 aromatic heterocycles. The van der Waals surface area contributed by atoms with Gasteiger partial charge in [0.15, 0.2) is 0 Å². The average Bonchev–Trinajstić information content (AvgIpc) is 3.16. The van der Waals surface area contributed by atoms with E-state index in [4.69, 9.17) is 4.74 Å². The standard InChI is InChI=1S/C48H85NO5/c1-4-7-10-13-16-19-21-23-25-26-28-31-34-37-40-46(51)45(43-50)49-47(52)42-44(39-36-33-30-18-15-12-9-6-3)54-48(53)41-38-35-32-29-27-24-22-20-17-14-11-8-5-2/h8,11,14,17,20,22,24,27,29,32,44-46,50-51H,4-7,9-10,12-13,15-16,18-19,21,23,25-26,28,30-31,33-43H2,1-3H3,(H,49,52)/b11-8+,17-14+,22-20-,27-24-,32-29+. The van der Waals surface area contributed by atoms with Gasteiger partial charge in [0.05, 0.1) is 25.2 Å². The Morgan fingerprint density at radius 2 is 0.981 bits per heavy atom. The first-order chi connectivity index (χ1) is 26.5. The summed E-state index contributed by atoms with van der Waals surface area (Å²) >= 11 is 0. The quantitative estimate of drug-likeness (QED) is 0.0330. The summed E-state index contributed by atoms with van der Waals surface area (Å²) in [5.41, 5.74) is 0. The van der Waals surface area contributed by atoms with Gasteiger partial charge in [-0.3, -0.25) is 9.59 Å². The van der Waals surface area contributed by atoms with E-state index in [2.05, 4.69) is 32.2 Å². The summed E-state index contributed by atoms with van der Waals surface area (Å²) in [5, 5.41) is 23.6. The maximum atomic E-state index is 13.1. The van der Waals surface area contributed by atoms with E-state index in [9.17, 15) is 19.8 Å². The van der Waals surface area contributed by atoms with Crippen molar-refractivity contribution < 1.29 is 24.5 Å². The number of hydrogen-bond acceptors (Lipinski definition) is 5. The Hall–Kier alpha value is -2.44. The summed E-state index contributed by atoms with van der Waals surface area (Å²) in [4.78, 5) is 25.9. The minimum atomic E-state index is -0.797. The Balaban J connectivity index is 4.58. The second-order valence-corrected chi connectivity index (χ2v) is 15.2. The molecule has 1 amide bonds. The summed E-state index contributed by atoms with van der Waals surface area (Å²) < 4.78 is 5.84. The lowest BCUT2D eigenvalue weighted by Gasteiger charge is -2.24. The molecule has 0 radical (unpaired) electrons. The Bertz CT molecular complexity index is 984. The van der Waals surface area contributed by atoms with Gasteiger partial charge < -0.3 is 20.3 Å². The van der Waals surface area contributed by atoms with Crippen LogP contribution in [-0.4, -0.2) is 46.9 Å². The lowest BCUT2D eigenvalue weighted by atomic mass is 10.0. The number of carbonyl (C=O) groups is 2. The number of rotatable bonds is 39. The van der Waals surface area contributed by atoms with E-state index in [1.165, 1.54) is 103 Å². The van der Waals surface area contributed by atoms with Crippen molar-refractivity contribution in [2.24, 2.45) is 0 Å². The topological polar surface area (TPSA) is 95.9 Å². The number of allylic oxidation sites excluding steroid dienone is 10. The fourth-order valence-corrected chi connectivity index (χ4v) is 6.58. The summed E-state index contributed by atoms with van der Waals surface area (Å²) in [6.45, 7) is 6.28. The van der Waals surface area contributed by atoms with Crippen LogP contribution in [0.2, 0.25) is 0 Å². The molecule has 0 aliphatic rings. The number of unbranched alkanes of at least 4 members (excludes halogenated alkanes) is 21. The molecular weight excluding hydrogens is 671 g/mol. The van der Waals surface area contributed by atoms with Crippen LogP contribution in [-0.2, 0) is 14.3 Å². The maximum Gasteiger partial charge on any atom is 0.306 e. The summed E-state index contributed by atoms with van der Waals surface area (Å²) in [6.07, 6.45) is 50.0. The van der Waals surface area contributed by atoms with Crippen molar-refractivity contribution in [3.05, 3.63) is 60.8 Å². The third kappa shape index (κ3) is 36.5. The Morgan fingerprint density at radius 1 is 0.556 bits per heavy atom. The minimum Gasteiger partial charge on any atom is -0.462 e. The third-order valence-corrected chi connectivity index (χ3v) is 9.99. The molecule has 0 aliphatic carbocycles. The molecule has 0 saturated carbocycles. The van der Waals surface area contributed by atoms with Gasteiger partial charge in [0.1, 0.15) is 6.10 Å². The number of nitrogens with one attached hydrogen (secondary N) is 1. The van der Waals surface area contributed by atoms with Crippen molar-refractivity contribution in [3.8, 4) is 0 Å². The van der Waals surface area contributed by atoms with Crippen molar-refractivity contribution in [1.82, 2.24) is 5.32 Å². The normalized spacial score (nSPS) is 13.9. The van der Waals surface area contributed by atoms with Gasteiger partial charge in [0, 0.05) is 6.42 Å². The largest absolute Gasteiger partial charge is 0.462 e. The number of amides is 1. The first kappa shape index (κ1) is 51.6. The molecule has 0 heterocycles. The predicted molar refractivity (Wildman–Crippen MR) is 232 cm³/mol. The smallest absolute Gasteiger partial charge is 0.306 e. The van der Waals surface area contributed by atoms with E-state index in [0.29, 0.717) is 25.7 Å². The minimum absolute atomic E-state index is 0.0482. The molecule has 3 unspecified atom stereocenters. The van der Waals surface area contributed by atoms with Crippen LogP contribution in [0.4, 0.5) is 0 Å². The zero-order valence-corrected chi connectivity index (χ0v) is 35.3. The highest BCUT2D eigenvalue weighted by atomic mass is 16.5. The number of ether oxygens (including phenoxy) is 1. The summed E-state index contributed by atoms with van der Waals surface area (Å²) in [7, 11) is 0. The van der Waals surface area contributed by atoms with Crippen LogP contribution in [0.15, 0.2) is 60.8 Å². The molecule has 3 N–H and O–H groups in total. The summed E-state index contributed by atoms with van der Waals surface area (Å²) in [5.74, 6) is -0.567. The first-order valence-corrected chi connectivity index (χ1v) is 22.6. The SMILES string of the molecule is CC/C=C/C=C/C=C\C=C/C=C/CCCC(=O)OC(CCCCCCCCCC)CC(=O)NC(CO)C(O)CCCCCCCCCCCCCCCC. The van der Waals surface area contributed by atoms with Gasteiger partial charge in [0.2, 0.25) is 5.91 Å². The lowest BCUT2D eigenvalue weighted by molar-refractivity contribution is -0.151. The van der Waals surface area contributed by atoms with Crippen LogP contribution >= 0.6 is 0 Å². The molecule has 3 atom stereocenters. The van der Waals surface area contributed by atoms with Gasteiger partial charge in [-0.1, -0.05) is 216 Å². The summed E-state index contributed by atoms with van der Waals surface area (Å²) in [6, 6.07) is -0.713. The predicted octanol–water partition coefficient (Wildman–Crippen LogP) is 12.9.